The Hall–Kier alpha value is -4.07. The highest BCUT2D eigenvalue weighted by molar-refractivity contribution is 6.17. The molecule has 1 atom stereocenters. The number of carbonyl (C=O) groups is 1. The zero-order valence-corrected chi connectivity index (χ0v) is 17.1. The van der Waals surface area contributed by atoms with E-state index in [9.17, 15) is 18.0 Å². The molecule has 2 aliphatic rings. The molecule has 2 aromatic carbocycles. The van der Waals surface area contributed by atoms with E-state index in [1.54, 1.807) is 18.2 Å². The number of fused-ring (bicyclic) bond motifs is 1. The molecule has 0 aromatic heterocycles. The Balaban J connectivity index is 1.72. The summed E-state index contributed by atoms with van der Waals surface area (Å²) in [5.41, 5.74) is 1.47. The number of urea groups is 1. The van der Waals surface area contributed by atoms with Crippen LogP contribution in [0.4, 0.5) is 23.7 Å². The summed E-state index contributed by atoms with van der Waals surface area (Å²) < 4.78 is 46.5. The predicted octanol–water partition coefficient (Wildman–Crippen LogP) is 3.56. The summed E-state index contributed by atoms with van der Waals surface area (Å²) in [5.74, 6) is -3.46. The van der Waals surface area contributed by atoms with Gasteiger partial charge < -0.3 is 10.1 Å². The van der Waals surface area contributed by atoms with Crippen molar-refractivity contribution in [3.63, 3.8) is 0 Å². The summed E-state index contributed by atoms with van der Waals surface area (Å²) in [4.78, 5) is 23.5. The molecule has 164 valence electrons. The Morgan fingerprint density at radius 2 is 1.97 bits per heavy atom. The summed E-state index contributed by atoms with van der Waals surface area (Å²) in [6.45, 7) is 1.75. The topological polar surface area (TPSA) is 93.3 Å². The molecular formula is C21H17F3N6O2. The van der Waals surface area contributed by atoms with Crippen molar-refractivity contribution in [3.05, 3.63) is 58.9 Å². The third kappa shape index (κ3) is 3.71. The lowest BCUT2D eigenvalue weighted by Crippen LogP contribution is -2.53. The number of carbonyl (C=O) groups excluding carboxylic acids is 1. The Bertz CT molecular complexity index is 1180. The summed E-state index contributed by atoms with van der Waals surface area (Å²) >= 11 is 0. The third-order valence-corrected chi connectivity index (χ3v) is 5.10. The number of nitrogens with one attached hydrogen (secondary N) is 1. The fourth-order valence-corrected chi connectivity index (χ4v) is 3.45. The number of aliphatic imine (C=N–C) groups is 2. The average molecular weight is 442 g/mol. The van der Waals surface area contributed by atoms with Crippen molar-refractivity contribution in [3.8, 4) is 11.8 Å². The lowest BCUT2D eigenvalue weighted by molar-refractivity contribution is 0.230. The number of amides is 2. The number of aryl methyl sites for hydroxylation is 1. The minimum Gasteiger partial charge on any atom is -0.479 e. The number of benzene rings is 2. The maximum Gasteiger partial charge on any atom is 0.353 e. The molecule has 2 aromatic rings. The lowest BCUT2D eigenvalue weighted by Gasteiger charge is -2.35. The third-order valence-electron chi connectivity index (χ3n) is 5.10. The zero-order valence-electron chi connectivity index (χ0n) is 17.1. The van der Waals surface area contributed by atoms with Gasteiger partial charge in [-0.25, -0.2) is 23.0 Å². The van der Waals surface area contributed by atoms with Gasteiger partial charge in [-0.3, -0.25) is 9.80 Å². The number of guanidine groups is 2. The first kappa shape index (κ1) is 21.2. The van der Waals surface area contributed by atoms with Gasteiger partial charge in [-0.15, -0.1) is 0 Å². The van der Waals surface area contributed by atoms with Gasteiger partial charge in [0.1, 0.15) is 11.8 Å². The monoisotopic (exact) mass is 442 g/mol. The van der Waals surface area contributed by atoms with Crippen LogP contribution in [0.3, 0.4) is 0 Å². The number of anilines is 1. The number of hydrogen-bond acceptors (Lipinski definition) is 6. The number of rotatable bonds is 4. The molecule has 0 radical (unpaired) electrons. The van der Waals surface area contributed by atoms with Gasteiger partial charge in [0.05, 0.1) is 12.6 Å². The molecule has 32 heavy (non-hydrogen) atoms. The van der Waals surface area contributed by atoms with E-state index in [0.717, 1.165) is 17.7 Å². The van der Waals surface area contributed by atoms with Gasteiger partial charge in [0.2, 0.25) is 11.9 Å². The maximum absolute atomic E-state index is 13.9. The molecule has 4 rings (SSSR count). The van der Waals surface area contributed by atoms with Crippen molar-refractivity contribution in [1.29, 1.82) is 5.26 Å². The van der Waals surface area contributed by atoms with E-state index in [-0.39, 0.29) is 30.6 Å². The highest BCUT2D eigenvalue weighted by Crippen LogP contribution is 2.33. The number of halogens is 3. The number of nitriles is 1. The molecule has 2 heterocycles. The van der Waals surface area contributed by atoms with Crippen LogP contribution in [0.5, 0.6) is 5.75 Å². The molecule has 11 heteroatoms. The van der Waals surface area contributed by atoms with Crippen molar-refractivity contribution in [2.75, 3.05) is 25.5 Å². The Labute approximate surface area is 181 Å². The maximum atomic E-state index is 13.9. The first-order valence-electron chi connectivity index (χ1n) is 9.52. The molecule has 0 aliphatic carbocycles. The second-order valence-electron chi connectivity index (χ2n) is 7.15. The van der Waals surface area contributed by atoms with Gasteiger partial charge in [-0.2, -0.15) is 10.3 Å². The van der Waals surface area contributed by atoms with E-state index in [2.05, 4.69) is 15.3 Å². The van der Waals surface area contributed by atoms with Crippen LogP contribution in [-0.2, 0) is 0 Å². The van der Waals surface area contributed by atoms with E-state index in [1.807, 2.05) is 13.0 Å². The second kappa shape index (κ2) is 8.22. The molecule has 1 unspecified atom stereocenters. The highest BCUT2D eigenvalue weighted by atomic mass is 19.2. The van der Waals surface area contributed by atoms with Crippen molar-refractivity contribution < 1.29 is 22.7 Å². The van der Waals surface area contributed by atoms with Crippen LogP contribution in [0, 0.1) is 35.7 Å². The Morgan fingerprint density at radius 3 is 2.66 bits per heavy atom. The summed E-state index contributed by atoms with van der Waals surface area (Å²) in [6.07, 6.45) is 0. The molecule has 2 aliphatic heterocycles. The van der Waals surface area contributed by atoms with E-state index < -0.39 is 29.5 Å². The van der Waals surface area contributed by atoms with Crippen LogP contribution in [0.15, 0.2) is 40.3 Å². The van der Waals surface area contributed by atoms with Crippen LogP contribution in [0.2, 0.25) is 0 Å². The molecule has 0 saturated heterocycles. The quantitative estimate of drug-likeness (QED) is 0.731. The van der Waals surface area contributed by atoms with E-state index in [1.165, 1.54) is 16.8 Å². The van der Waals surface area contributed by atoms with Crippen molar-refractivity contribution in [1.82, 2.24) is 9.80 Å². The van der Waals surface area contributed by atoms with Crippen LogP contribution in [0.25, 0.3) is 0 Å². The normalized spacial score (nSPS) is 17.5. The molecule has 1 N–H and O–H groups in total. The van der Waals surface area contributed by atoms with Gasteiger partial charge >= 0.3 is 6.03 Å². The van der Waals surface area contributed by atoms with Crippen LogP contribution in [-0.4, -0.2) is 47.9 Å². The molecular weight excluding hydrogens is 425 g/mol. The van der Waals surface area contributed by atoms with Crippen LogP contribution >= 0.6 is 0 Å². The first-order valence-corrected chi connectivity index (χ1v) is 9.52. The minimum absolute atomic E-state index is 0.0719. The average Bonchev–Trinajstić information content (AvgIpc) is 3.21. The SMILES string of the molecule is Cc1ccc(OCC#N)cc1NC1=NC(=O)N(C)C2=NCC(c3cc(F)c(F)c(F)c3)N12. The van der Waals surface area contributed by atoms with Crippen LogP contribution in [0.1, 0.15) is 17.2 Å². The van der Waals surface area contributed by atoms with Gasteiger partial charge in [0.15, 0.2) is 24.1 Å². The number of nitrogens with zero attached hydrogens (tertiary/aromatic N) is 5. The van der Waals surface area contributed by atoms with Crippen molar-refractivity contribution >= 4 is 23.6 Å². The first-order chi connectivity index (χ1) is 15.3. The lowest BCUT2D eigenvalue weighted by atomic mass is 10.1. The van der Waals surface area contributed by atoms with E-state index in [0.29, 0.717) is 11.4 Å². The van der Waals surface area contributed by atoms with Crippen LogP contribution < -0.4 is 10.1 Å². The molecule has 0 spiro atoms. The van der Waals surface area contributed by atoms with Gasteiger partial charge in [-0.05, 0) is 36.2 Å². The molecule has 0 bridgehead atoms. The zero-order chi connectivity index (χ0) is 23.0. The largest absolute Gasteiger partial charge is 0.479 e. The van der Waals surface area contributed by atoms with Gasteiger partial charge in [0.25, 0.3) is 0 Å². The smallest absolute Gasteiger partial charge is 0.353 e. The van der Waals surface area contributed by atoms with Crippen molar-refractivity contribution in [2.45, 2.75) is 13.0 Å². The Morgan fingerprint density at radius 1 is 1.25 bits per heavy atom. The van der Waals surface area contributed by atoms with Gasteiger partial charge in [0, 0.05) is 18.8 Å². The molecule has 0 fully saturated rings. The Kier molecular flexibility index (Phi) is 5.44. The summed E-state index contributed by atoms with van der Waals surface area (Å²) in [7, 11) is 1.48. The molecule has 0 saturated carbocycles. The second-order valence-corrected chi connectivity index (χ2v) is 7.15. The predicted molar refractivity (Wildman–Crippen MR) is 110 cm³/mol. The van der Waals surface area contributed by atoms with Gasteiger partial charge in [-0.1, -0.05) is 6.07 Å². The minimum atomic E-state index is -1.56. The fraction of sp³-hybridized carbons (Fsp3) is 0.238. The molecule has 8 nitrogen and oxygen atoms in total. The highest BCUT2D eigenvalue weighted by Gasteiger charge is 2.41. The molecule has 2 amide bonds. The summed E-state index contributed by atoms with van der Waals surface area (Å²) in [5, 5.41) is 11.8. The summed E-state index contributed by atoms with van der Waals surface area (Å²) in [6, 6.07) is 7.45. The number of hydrogen-bond donors (Lipinski definition) is 1. The van der Waals surface area contributed by atoms with E-state index in [4.69, 9.17) is 10.00 Å². The fourth-order valence-electron chi connectivity index (χ4n) is 3.45. The standard InChI is InChI=1S/C21H17F3N6O2/c1-11-3-4-13(32-6-5-25)9-16(11)27-19-28-21(31)29(2)20-26-10-17(30(19)20)12-7-14(22)18(24)15(23)8-12/h3-4,7-9,17H,6,10H2,1-2H3,(H,27,28,31). The van der Waals surface area contributed by atoms with Crippen molar-refractivity contribution in [2.24, 2.45) is 9.98 Å². The van der Waals surface area contributed by atoms with E-state index >= 15 is 0 Å². The number of ether oxygens (including phenoxy) is 1.